The smallest absolute Gasteiger partial charge is 0.247 e. The molecule has 4 nitrogen and oxygen atoms in total. The first-order valence-corrected chi connectivity index (χ1v) is 7.96. The molecule has 3 rings (SSSR count). The van der Waals surface area contributed by atoms with Gasteiger partial charge in [-0.15, -0.1) is 0 Å². The Bertz CT molecular complexity index is 493. The molecule has 1 amide bonds. The van der Waals surface area contributed by atoms with Crippen molar-refractivity contribution in [3.63, 3.8) is 0 Å². The van der Waals surface area contributed by atoms with E-state index in [1.54, 1.807) is 18.6 Å². The van der Waals surface area contributed by atoms with Gasteiger partial charge in [0.15, 0.2) is 0 Å². The molecule has 0 bridgehead atoms. The number of furan rings is 1. The van der Waals surface area contributed by atoms with E-state index in [2.05, 4.69) is 5.32 Å². The van der Waals surface area contributed by atoms with Crippen LogP contribution >= 0.6 is 0 Å². The fraction of sp³-hybridized carbons (Fsp3) is 0.588. The first kappa shape index (κ1) is 14.4. The van der Waals surface area contributed by atoms with Crippen molar-refractivity contribution in [3.05, 3.63) is 30.2 Å². The average Bonchev–Trinajstić information content (AvgIpc) is 3.05. The van der Waals surface area contributed by atoms with Gasteiger partial charge in [0.25, 0.3) is 0 Å². The maximum absolute atomic E-state index is 12.4. The number of likely N-dealkylation sites (N-methyl/N-ethyl adjacent to an activating group) is 1. The molecular formula is C17H24N2O2. The molecule has 114 valence electrons. The van der Waals surface area contributed by atoms with Gasteiger partial charge in [-0.1, -0.05) is 19.3 Å². The van der Waals surface area contributed by atoms with Crippen LogP contribution in [0.25, 0.3) is 6.08 Å². The highest BCUT2D eigenvalue weighted by atomic mass is 16.3. The van der Waals surface area contributed by atoms with Crippen LogP contribution in [0.4, 0.5) is 0 Å². The number of hydrogen-bond donors (Lipinski definition) is 1. The fourth-order valence-electron chi connectivity index (χ4n) is 3.79. The quantitative estimate of drug-likeness (QED) is 0.870. The molecule has 2 heterocycles. The Morgan fingerprint density at radius 1 is 1.38 bits per heavy atom. The second-order valence-corrected chi connectivity index (χ2v) is 6.24. The predicted molar refractivity (Wildman–Crippen MR) is 82.4 cm³/mol. The number of carbonyl (C=O) groups excluding carboxylic acids is 1. The Kier molecular flexibility index (Phi) is 4.44. The third kappa shape index (κ3) is 3.21. The van der Waals surface area contributed by atoms with Gasteiger partial charge in [0.2, 0.25) is 5.91 Å². The van der Waals surface area contributed by atoms with E-state index < -0.39 is 0 Å². The summed E-state index contributed by atoms with van der Waals surface area (Å²) in [6, 6.07) is 1.85. The largest absolute Gasteiger partial charge is 0.472 e. The molecule has 0 spiro atoms. The van der Waals surface area contributed by atoms with E-state index in [4.69, 9.17) is 4.42 Å². The lowest BCUT2D eigenvalue weighted by atomic mass is 9.73. The molecule has 1 N–H and O–H groups in total. The third-order valence-electron chi connectivity index (χ3n) is 4.97. The lowest BCUT2D eigenvalue weighted by molar-refractivity contribution is -0.130. The summed E-state index contributed by atoms with van der Waals surface area (Å²) < 4.78 is 5.01. The van der Waals surface area contributed by atoms with Gasteiger partial charge in [-0.3, -0.25) is 10.1 Å². The summed E-state index contributed by atoms with van der Waals surface area (Å²) in [5, 5.41) is 3.54. The maximum atomic E-state index is 12.4. The average molecular weight is 288 g/mol. The van der Waals surface area contributed by atoms with Gasteiger partial charge in [0.05, 0.1) is 18.7 Å². The highest BCUT2D eigenvalue weighted by Gasteiger charge is 2.37. The minimum atomic E-state index is 0.0555. The first-order valence-electron chi connectivity index (χ1n) is 7.96. The van der Waals surface area contributed by atoms with Gasteiger partial charge in [-0.05, 0) is 43.4 Å². The van der Waals surface area contributed by atoms with Gasteiger partial charge in [-0.25, -0.2) is 0 Å². The van der Waals surface area contributed by atoms with Gasteiger partial charge >= 0.3 is 0 Å². The first-order chi connectivity index (χ1) is 10.3. The second kappa shape index (κ2) is 6.48. The maximum Gasteiger partial charge on any atom is 0.247 e. The lowest BCUT2D eigenvalue weighted by Crippen LogP contribution is -2.56. The van der Waals surface area contributed by atoms with Crippen molar-refractivity contribution in [2.75, 3.05) is 13.6 Å². The molecule has 1 aromatic heterocycles. The minimum absolute atomic E-state index is 0.0555. The topological polar surface area (TPSA) is 45.5 Å². The monoisotopic (exact) mass is 288 g/mol. The van der Waals surface area contributed by atoms with Crippen molar-refractivity contribution in [2.45, 2.75) is 38.3 Å². The van der Waals surface area contributed by atoms with Crippen LogP contribution in [0.1, 0.15) is 37.7 Å². The third-order valence-corrected chi connectivity index (χ3v) is 4.97. The Hall–Kier alpha value is -1.55. The van der Waals surface area contributed by atoms with Crippen molar-refractivity contribution in [3.8, 4) is 0 Å². The van der Waals surface area contributed by atoms with Crippen LogP contribution in [0.2, 0.25) is 0 Å². The molecule has 1 aliphatic heterocycles. The molecule has 1 aliphatic carbocycles. The number of nitrogens with one attached hydrogen (secondary N) is 1. The van der Waals surface area contributed by atoms with E-state index in [9.17, 15) is 4.79 Å². The second-order valence-electron chi connectivity index (χ2n) is 6.24. The molecule has 3 unspecified atom stereocenters. The van der Waals surface area contributed by atoms with Gasteiger partial charge < -0.3 is 9.32 Å². The molecule has 1 aromatic rings. The van der Waals surface area contributed by atoms with Crippen LogP contribution in [0.15, 0.2) is 29.1 Å². The SMILES string of the molecule is CN(C(=O)/C=C/c1ccoc1)C1NCCC2CCCCC21. The Balaban J connectivity index is 1.65. The summed E-state index contributed by atoms with van der Waals surface area (Å²) in [6.07, 6.45) is 13.4. The van der Waals surface area contributed by atoms with E-state index >= 15 is 0 Å². The normalized spacial score (nSPS) is 29.3. The molecule has 0 radical (unpaired) electrons. The van der Waals surface area contributed by atoms with Gasteiger partial charge in [0.1, 0.15) is 0 Å². The zero-order valence-corrected chi connectivity index (χ0v) is 12.6. The molecule has 21 heavy (non-hydrogen) atoms. The Morgan fingerprint density at radius 3 is 3.05 bits per heavy atom. The van der Waals surface area contributed by atoms with Crippen LogP contribution in [-0.2, 0) is 4.79 Å². The number of rotatable bonds is 3. The van der Waals surface area contributed by atoms with E-state index in [0.717, 1.165) is 18.0 Å². The molecule has 1 saturated heterocycles. The highest BCUT2D eigenvalue weighted by molar-refractivity contribution is 5.91. The minimum Gasteiger partial charge on any atom is -0.472 e. The van der Waals surface area contributed by atoms with E-state index in [1.165, 1.54) is 32.1 Å². The Morgan fingerprint density at radius 2 is 2.24 bits per heavy atom. The van der Waals surface area contributed by atoms with Crippen molar-refractivity contribution >= 4 is 12.0 Å². The fourth-order valence-corrected chi connectivity index (χ4v) is 3.79. The number of carbonyl (C=O) groups is 1. The van der Waals surface area contributed by atoms with E-state index in [1.807, 2.05) is 24.1 Å². The van der Waals surface area contributed by atoms with Crippen molar-refractivity contribution in [2.24, 2.45) is 11.8 Å². The zero-order chi connectivity index (χ0) is 14.7. The van der Waals surface area contributed by atoms with Gasteiger partial charge in [-0.2, -0.15) is 0 Å². The molecule has 1 saturated carbocycles. The zero-order valence-electron chi connectivity index (χ0n) is 12.6. The summed E-state index contributed by atoms with van der Waals surface area (Å²) in [5.74, 6) is 1.46. The van der Waals surface area contributed by atoms with Gasteiger partial charge in [0, 0.05) is 18.7 Å². The van der Waals surface area contributed by atoms with E-state index in [-0.39, 0.29) is 12.1 Å². The molecular weight excluding hydrogens is 264 g/mol. The Labute approximate surface area is 126 Å². The summed E-state index contributed by atoms with van der Waals surface area (Å²) in [7, 11) is 1.91. The molecule has 3 atom stereocenters. The number of fused-ring (bicyclic) bond motifs is 1. The summed E-state index contributed by atoms with van der Waals surface area (Å²) in [6.45, 7) is 1.02. The van der Waals surface area contributed by atoms with Crippen molar-refractivity contribution in [1.29, 1.82) is 0 Å². The highest BCUT2D eigenvalue weighted by Crippen LogP contribution is 2.37. The number of nitrogens with zero attached hydrogens (tertiary/aromatic N) is 1. The summed E-state index contributed by atoms with van der Waals surface area (Å²) in [4.78, 5) is 14.3. The molecule has 4 heteroatoms. The van der Waals surface area contributed by atoms with Crippen molar-refractivity contribution in [1.82, 2.24) is 10.2 Å². The van der Waals surface area contributed by atoms with E-state index in [0.29, 0.717) is 5.92 Å². The summed E-state index contributed by atoms with van der Waals surface area (Å²) >= 11 is 0. The van der Waals surface area contributed by atoms with Crippen LogP contribution < -0.4 is 5.32 Å². The number of hydrogen-bond acceptors (Lipinski definition) is 3. The molecule has 2 fully saturated rings. The van der Waals surface area contributed by atoms with Crippen LogP contribution in [-0.4, -0.2) is 30.6 Å². The van der Waals surface area contributed by atoms with Crippen molar-refractivity contribution < 1.29 is 9.21 Å². The summed E-state index contributed by atoms with van der Waals surface area (Å²) in [5.41, 5.74) is 0.920. The number of amides is 1. The van der Waals surface area contributed by atoms with Crippen LogP contribution in [0.5, 0.6) is 0 Å². The van der Waals surface area contributed by atoms with Crippen LogP contribution in [0.3, 0.4) is 0 Å². The number of piperidine rings is 1. The lowest BCUT2D eigenvalue weighted by Gasteiger charge is -2.45. The standard InChI is InChI=1S/C17H24N2O2/c1-19(16(20)7-6-13-9-11-21-12-13)17-15-5-3-2-4-14(15)8-10-18-17/h6-7,9,11-12,14-15,17-18H,2-5,8,10H2,1H3/b7-6+. The molecule has 0 aromatic carbocycles. The van der Waals surface area contributed by atoms with Crippen LogP contribution in [0, 0.1) is 11.8 Å². The predicted octanol–water partition coefficient (Wildman–Crippen LogP) is 2.88. The molecule has 2 aliphatic rings.